The van der Waals surface area contributed by atoms with Crippen LogP contribution in [0.25, 0.3) is 0 Å². The van der Waals surface area contributed by atoms with E-state index in [0.29, 0.717) is 0 Å². The number of hydrogen-bond acceptors (Lipinski definition) is 2. The van der Waals surface area contributed by atoms with Gasteiger partial charge in [0.05, 0.1) is 7.11 Å². The Morgan fingerprint density at radius 3 is 1.94 bits per heavy atom. The van der Waals surface area contributed by atoms with Crippen molar-refractivity contribution in [3.05, 3.63) is 65.7 Å². The lowest BCUT2D eigenvalue weighted by Crippen LogP contribution is -1.84. The number of rotatable bonds is 2. The van der Waals surface area contributed by atoms with Gasteiger partial charge in [-0.05, 0) is 18.6 Å². The molecule has 0 unspecified atom stereocenters. The maximum Gasteiger partial charge on any atom is 0.150 e. The van der Waals surface area contributed by atoms with Crippen LogP contribution in [-0.4, -0.2) is 13.4 Å². The highest BCUT2D eigenvalue weighted by atomic mass is 16.5. The zero-order chi connectivity index (χ0) is 12.5. The molecule has 0 aliphatic carbocycles. The molecule has 2 rings (SSSR count). The van der Waals surface area contributed by atoms with Gasteiger partial charge in [0.15, 0.2) is 0 Å². The molecule has 88 valence electrons. The Hall–Kier alpha value is -2.09. The van der Waals surface area contributed by atoms with Gasteiger partial charge in [-0.2, -0.15) is 0 Å². The van der Waals surface area contributed by atoms with E-state index in [0.717, 1.165) is 17.6 Å². The summed E-state index contributed by atoms with van der Waals surface area (Å²) in [4.78, 5) is 10.0. The molecule has 0 saturated carbocycles. The second kappa shape index (κ2) is 7.23. The summed E-state index contributed by atoms with van der Waals surface area (Å²) >= 11 is 0. The van der Waals surface area contributed by atoms with E-state index in [9.17, 15) is 4.79 Å². The Labute approximate surface area is 102 Å². The molecule has 0 N–H and O–H groups in total. The number of carbonyl (C=O) groups excluding carboxylic acids is 1. The molecule has 0 atom stereocenters. The van der Waals surface area contributed by atoms with E-state index < -0.39 is 0 Å². The van der Waals surface area contributed by atoms with Crippen LogP contribution in [-0.2, 0) is 0 Å². The lowest BCUT2D eigenvalue weighted by molar-refractivity contribution is 0.112. The average Bonchev–Trinajstić information content (AvgIpc) is 2.41. The number of aldehydes is 1. The van der Waals surface area contributed by atoms with E-state index in [-0.39, 0.29) is 0 Å². The minimum Gasteiger partial charge on any atom is -0.496 e. The van der Waals surface area contributed by atoms with Gasteiger partial charge in [-0.15, -0.1) is 0 Å². The van der Waals surface area contributed by atoms with Crippen molar-refractivity contribution < 1.29 is 9.53 Å². The predicted octanol–water partition coefficient (Wildman–Crippen LogP) is 3.50. The first-order valence-corrected chi connectivity index (χ1v) is 5.37. The van der Waals surface area contributed by atoms with Crippen LogP contribution in [0.1, 0.15) is 15.9 Å². The topological polar surface area (TPSA) is 26.3 Å². The molecule has 2 aromatic rings. The Balaban J connectivity index is 0.000000171. The standard InChI is InChI=1S/C8H10O.C7H6O/c1-7-5-3-4-6-8(7)9-2;8-6-7-4-2-1-3-5-7/h3-6H,1-2H3;1-6H. The highest BCUT2D eigenvalue weighted by Gasteiger charge is 1.90. The third-order valence-electron chi connectivity index (χ3n) is 2.25. The quantitative estimate of drug-likeness (QED) is 0.735. The fourth-order valence-electron chi connectivity index (χ4n) is 1.32. The van der Waals surface area contributed by atoms with Gasteiger partial charge < -0.3 is 4.74 Å². The second-order valence-corrected chi connectivity index (χ2v) is 3.50. The van der Waals surface area contributed by atoms with Crippen molar-refractivity contribution >= 4 is 6.29 Å². The molecule has 0 aliphatic rings. The summed E-state index contributed by atoms with van der Waals surface area (Å²) in [6, 6.07) is 17.0. The Kier molecular flexibility index (Phi) is 5.52. The van der Waals surface area contributed by atoms with Crippen molar-refractivity contribution in [1.29, 1.82) is 0 Å². The molecule has 0 aromatic heterocycles. The molecule has 17 heavy (non-hydrogen) atoms. The first-order chi connectivity index (χ1) is 8.27. The van der Waals surface area contributed by atoms with Crippen LogP contribution in [0.15, 0.2) is 54.6 Å². The minimum absolute atomic E-state index is 0.729. The normalized spacial score (nSPS) is 8.82. The van der Waals surface area contributed by atoms with Crippen molar-refractivity contribution in [3.63, 3.8) is 0 Å². The molecule has 2 heteroatoms. The van der Waals surface area contributed by atoms with Crippen LogP contribution in [0, 0.1) is 6.92 Å². The number of hydrogen-bond donors (Lipinski definition) is 0. The van der Waals surface area contributed by atoms with Gasteiger partial charge in [0.25, 0.3) is 0 Å². The maximum atomic E-state index is 10.0. The van der Waals surface area contributed by atoms with Crippen molar-refractivity contribution in [2.24, 2.45) is 0 Å². The van der Waals surface area contributed by atoms with Crippen LogP contribution < -0.4 is 4.74 Å². The molecular weight excluding hydrogens is 212 g/mol. The molecule has 0 heterocycles. The van der Waals surface area contributed by atoms with Crippen molar-refractivity contribution in [3.8, 4) is 5.75 Å². The lowest BCUT2D eigenvalue weighted by atomic mass is 10.2. The van der Waals surface area contributed by atoms with Crippen LogP contribution in [0.4, 0.5) is 0 Å². The van der Waals surface area contributed by atoms with E-state index in [4.69, 9.17) is 4.74 Å². The summed E-state index contributed by atoms with van der Waals surface area (Å²) in [5.74, 6) is 0.956. The fraction of sp³-hybridized carbons (Fsp3) is 0.133. The molecule has 0 spiro atoms. The van der Waals surface area contributed by atoms with Gasteiger partial charge >= 0.3 is 0 Å². The zero-order valence-corrected chi connectivity index (χ0v) is 10.1. The van der Waals surface area contributed by atoms with Crippen LogP contribution in [0.3, 0.4) is 0 Å². The number of aryl methyl sites for hydroxylation is 1. The third kappa shape index (κ3) is 4.51. The summed E-state index contributed by atoms with van der Waals surface area (Å²) in [5, 5.41) is 0. The van der Waals surface area contributed by atoms with Gasteiger partial charge in [0.2, 0.25) is 0 Å². The first-order valence-electron chi connectivity index (χ1n) is 5.37. The minimum atomic E-state index is 0.729. The van der Waals surface area contributed by atoms with Gasteiger partial charge in [-0.25, -0.2) is 0 Å². The molecule has 0 aliphatic heterocycles. The van der Waals surface area contributed by atoms with Gasteiger partial charge in [0.1, 0.15) is 12.0 Å². The molecule has 2 nitrogen and oxygen atoms in total. The van der Waals surface area contributed by atoms with E-state index in [1.165, 1.54) is 5.56 Å². The van der Waals surface area contributed by atoms with E-state index in [1.807, 2.05) is 49.4 Å². The largest absolute Gasteiger partial charge is 0.496 e. The summed E-state index contributed by atoms with van der Waals surface area (Å²) < 4.78 is 5.04. The summed E-state index contributed by atoms with van der Waals surface area (Å²) in [6.07, 6.45) is 0.833. The first kappa shape index (κ1) is 13.0. The van der Waals surface area contributed by atoms with E-state index in [2.05, 4.69) is 0 Å². The maximum absolute atomic E-state index is 10.0. The number of ether oxygens (including phenoxy) is 1. The highest BCUT2D eigenvalue weighted by Crippen LogP contribution is 2.14. The molecule has 0 radical (unpaired) electrons. The van der Waals surface area contributed by atoms with Gasteiger partial charge in [-0.1, -0.05) is 48.5 Å². The Morgan fingerprint density at radius 1 is 0.941 bits per heavy atom. The van der Waals surface area contributed by atoms with Crippen LogP contribution >= 0.6 is 0 Å². The number of methoxy groups -OCH3 is 1. The predicted molar refractivity (Wildman–Crippen MR) is 69.6 cm³/mol. The Morgan fingerprint density at radius 2 is 1.53 bits per heavy atom. The van der Waals surface area contributed by atoms with Crippen molar-refractivity contribution in [1.82, 2.24) is 0 Å². The zero-order valence-electron chi connectivity index (χ0n) is 10.1. The van der Waals surface area contributed by atoms with Crippen LogP contribution in [0.2, 0.25) is 0 Å². The molecule has 2 aromatic carbocycles. The van der Waals surface area contributed by atoms with E-state index >= 15 is 0 Å². The second-order valence-electron chi connectivity index (χ2n) is 3.50. The molecule has 0 saturated heterocycles. The summed E-state index contributed by atoms with van der Waals surface area (Å²) in [7, 11) is 1.68. The number of benzene rings is 2. The average molecular weight is 228 g/mol. The molecule has 0 bridgehead atoms. The number of para-hydroxylation sites is 1. The third-order valence-corrected chi connectivity index (χ3v) is 2.25. The summed E-state index contributed by atoms with van der Waals surface area (Å²) in [6.45, 7) is 2.03. The highest BCUT2D eigenvalue weighted by molar-refractivity contribution is 5.74. The van der Waals surface area contributed by atoms with Gasteiger partial charge in [-0.3, -0.25) is 4.79 Å². The van der Waals surface area contributed by atoms with Crippen molar-refractivity contribution in [2.45, 2.75) is 6.92 Å². The molecule has 0 amide bonds. The molecular formula is C15H16O2. The monoisotopic (exact) mass is 228 g/mol. The van der Waals surface area contributed by atoms with Gasteiger partial charge in [0, 0.05) is 5.56 Å². The lowest BCUT2D eigenvalue weighted by Gasteiger charge is -2.00. The molecule has 0 fully saturated rings. The number of carbonyl (C=O) groups is 1. The van der Waals surface area contributed by atoms with E-state index in [1.54, 1.807) is 19.2 Å². The Bertz CT molecular complexity index is 449. The SMILES string of the molecule is COc1ccccc1C.O=Cc1ccccc1. The summed E-state index contributed by atoms with van der Waals surface area (Å²) in [5.41, 5.74) is 1.91. The van der Waals surface area contributed by atoms with Crippen LogP contribution in [0.5, 0.6) is 5.75 Å². The fourth-order valence-corrected chi connectivity index (χ4v) is 1.32. The van der Waals surface area contributed by atoms with Crippen molar-refractivity contribution in [2.75, 3.05) is 7.11 Å². The smallest absolute Gasteiger partial charge is 0.150 e.